The van der Waals surface area contributed by atoms with E-state index in [1.165, 1.54) is 6.20 Å². The molecule has 23 heavy (non-hydrogen) atoms. The Morgan fingerprint density at radius 2 is 2.00 bits per heavy atom. The number of nitrogens with one attached hydrogen (secondary N) is 1. The summed E-state index contributed by atoms with van der Waals surface area (Å²) in [7, 11) is 0. The van der Waals surface area contributed by atoms with Crippen molar-refractivity contribution < 1.29 is 4.79 Å². The van der Waals surface area contributed by atoms with Crippen LogP contribution in [0.25, 0.3) is 5.69 Å². The van der Waals surface area contributed by atoms with Crippen LogP contribution < -0.4 is 5.43 Å². The van der Waals surface area contributed by atoms with Crippen molar-refractivity contribution in [1.82, 2.24) is 15.0 Å². The minimum absolute atomic E-state index is 0.149. The lowest BCUT2D eigenvalue weighted by Gasteiger charge is -2.01. The first kappa shape index (κ1) is 15.0. The monoisotopic (exact) mass is 324 g/mol. The predicted octanol–water partition coefficient (Wildman–Crippen LogP) is 3.29. The van der Waals surface area contributed by atoms with Gasteiger partial charge in [0.15, 0.2) is 0 Å². The third kappa shape index (κ3) is 3.64. The highest BCUT2D eigenvalue weighted by Gasteiger charge is 2.09. The molecule has 0 unspecified atom stereocenters. The van der Waals surface area contributed by atoms with Crippen LogP contribution in [-0.2, 0) is 0 Å². The van der Waals surface area contributed by atoms with Gasteiger partial charge in [0.1, 0.15) is 5.15 Å². The quantitative estimate of drug-likeness (QED) is 0.455. The van der Waals surface area contributed by atoms with Crippen LogP contribution in [0.1, 0.15) is 15.9 Å². The van der Waals surface area contributed by atoms with E-state index < -0.39 is 5.91 Å². The van der Waals surface area contributed by atoms with Gasteiger partial charge in [0.2, 0.25) is 0 Å². The van der Waals surface area contributed by atoms with Gasteiger partial charge >= 0.3 is 0 Å². The highest BCUT2D eigenvalue weighted by molar-refractivity contribution is 6.32. The molecule has 6 heteroatoms. The van der Waals surface area contributed by atoms with Crippen LogP contribution >= 0.6 is 11.6 Å². The highest BCUT2D eigenvalue weighted by Crippen LogP contribution is 2.11. The highest BCUT2D eigenvalue weighted by atomic mass is 35.5. The standard InChI is InChI=1S/C17H13ClN4O/c18-16-15(7-4-9-19-16)17(23)21-20-11-13-8-10-22(12-13)14-5-2-1-3-6-14/h1-12H,(H,21,23)/b20-11-. The molecular weight excluding hydrogens is 312 g/mol. The molecule has 0 aliphatic carbocycles. The van der Waals surface area contributed by atoms with Crippen molar-refractivity contribution in [2.75, 3.05) is 0 Å². The first-order valence-corrected chi connectivity index (χ1v) is 7.29. The Balaban J connectivity index is 1.66. The van der Waals surface area contributed by atoms with Crippen molar-refractivity contribution >= 4 is 23.7 Å². The molecular formula is C17H13ClN4O. The van der Waals surface area contributed by atoms with E-state index in [-0.39, 0.29) is 10.7 Å². The van der Waals surface area contributed by atoms with Crippen LogP contribution in [0.4, 0.5) is 0 Å². The summed E-state index contributed by atoms with van der Waals surface area (Å²) >= 11 is 5.86. The SMILES string of the molecule is O=C(N/N=C\c1ccn(-c2ccccc2)c1)c1cccnc1Cl. The van der Waals surface area contributed by atoms with E-state index in [1.807, 2.05) is 53.4 Å². The van der Waals surface area contributed by atoms with Crippen molar-refractivity contribution in [3.8, 4) is 5.69 Å². The van der Waals surface area contributed by atoms with E-state index in [2.05, 4.69) is 15.5 Å². The molecule has 0 spiro atoms. The predicted molar refractivity (Wildman–Crippen MR) is 90.1 cm³/mol. The fourth-order valence-electron chi connectivity index (χ4n) is 2.03. The fraction of sp³-hybridized carbons (Fsp3) is 0. The molecule has 5 nitrogen and oxygen atoms in total. The Kier molecular flexibility index (Phi) is 4.49. The maximum Gasteiger partial charge on any atom is 0.274 e. The molecule has 114 valence electrons. The third-order valence-electron chi connectivity index (χ3n) is 3.15. The molecule has 3 rings (SSSR count). The maximum atomic E-state index is 11.9. The number of hydrazone groups is 1. The second-order valence-corrected chi connectivity index (χ2v) is 5.09. The minimum atomic E-state index is -0.401. The lowest BCUT2D eigenvalue weighted by molar-refractivity contribution is 0.0955. The van der Waals surface area contributed by atoms with E-state index in [0.29, 0.717) is 0 Å². The first-order valence-electron chi connectivity index (χ1n) is 6.91. The van der Waals surface area contributed by atoms with Crippen molar-refractivity contribution in [2.45, 2.75) is 0 Å². The number of carbonyl (C=O) groups excluding carboxylic acids is 1. The summed E-state index contributed by atoms with van der Waals surface area (Å²) in [5, 5.41) is 4.09. The molecule has 0 bridgehead atoms. The molecule has 0 radical (unpaired) electrons. The number of hydrogen-bond donors (Lipinski definition) is 1. The zero-order chi connectivity index (χ0) is 16.1. The Hall–Kier alpha value is -2.92. The van der Waals surface area contributed by atoms with Crippen LogP contribution in [0.5, 0.6) is 0 Å². The van der Waals surface area contributed by atoms with Crippen LogP contribution in [0.15, 0.2) is 72.2 Å². The summed E-state index contributed by atoms with van der Waals surface area (Å²) in [5.74, 6) is -0.401. The summed E-state index contributed by atoms with van der Waals surface area (Å²) in [6.07, 6.45) is 6.94. The third-order valence-corrected chi connectivity index (χ3v) is 3.45. The number of aromatic nitrogens is 2. The van der Waals surface area contributed by atoms with Gasteiger partial charge in [0.25, 0.3) is 5.91 Å². The van der Waals surface area contributed by atoms with Crippen molar-refractivity contribution in [1.29, 1.82) is 0 Å². The number of amides is 1. The van der Waals surface area contributed by atoms with Crippen LogP contribution in [0.2, 0.25) is 5.15 Å². The van der Waals surface area contributed by atoms with Gasteiger partial charge in [0, 0.05) is 29.8 Å². The summed E-state index contributed by atoms with van der Waals surface area (Å²) in [6.45, 7) is 0. The summed E-state index contributed by atoms with van der Waals surface area (Å²) < 4.78 is 1.97. The number of benzene rings is 1. The number of rotatable bonds is 4. The van der Waals surface area contributed by atoms with Crippen LogP contribution in [0.3, 0.4) is 0 Å². The number of halogens is 1. The van der Waals surface area contributed by atoms with E-state index in [0.717, 1.165) is 11.3 Å². The molecule has 1 aromatic carbocycles. The van der Waals surface area contributed by atoms with E-state index >= 15 is 0 Å². The van der Waals surface area contributed by atoms with Crippen molar-refractivity contribution in [3.05, 3.63) is 83.4 Å². The van der Waals surface area contributed by atoms with E-state index in [4.69, 9.17) is 11.6 Å². The van der Waals surface area contributed by atoms with E-state index in [1.54, 1.807) is 18.3 Å². The Bertz CT molecular complexity index is 843. The largest absolute Gasteiger partial charge is 0.323 e. The lowest BCUT2D eigenvalue weighted by Crippen LogP contribution is -2.18. The van der Waals surface area contributed by atoms with Gasteiger partial charge in [-0.05, 0) is 30.3 Å². The fourth-order valence-corrected chi connectivity index (χ4v) is 2.24. The Morgan fingerprint density at radius 3 is 2.78 bits per heavy atom. The zero-order valence-electron chi connectivity index (χ0n) is 12.1. The zero-order valence-corrected chi connectivity index (χ0v) is 12.8. The number of carbonyl (C=O) groups is 1. The molecule has 3 aromatic rings. The van der Waals surface area contributed by atoms with Gasteiger partial charge in [0.05, 0.1) is 11.8 Å². The minimum Gasteiger partial charge on any atom is -0.323 e. The van der Waals surface area contributed by atoms with Gasteiger partial charge in [-0.3, -0.25) is 4.79 Å². The molecule has 0 saturated heterocycles. The molecule has 0 aliphatic heterocycles. The molecule has 0 saturated carbocycles. The maximum absolute atomic E-state index is 11.9. The molecule has 0 atom stereocenters. The normalized spacial score (nSPS) is 10.8. The summed E-state index contributed by atoms with van der Waals surface area (Å²) in [5.41, 5.74) is 4.64. The van der Waals surface area contributed by atoms with E-state index in [9.17, 15) is 4.79 Å². The van der Waals surface area contributed by atoms with Crippen LogP contribution in [-0.4, -0.2) is 21.7 Å². The average Bonchev–Trinajstić information content (AvgIpc) is 3.05. The molecule has 1 amide bonds. The first-order chi connectivity index (χ1) is 11.2. The average molecular weight is 325 g/mol. The van der Waals surface area contributed by atoms with Gasteiger partial charge in [-0.1, -0.05) is 29.8 Å². The molecule has 1 N–H and O–H groups in total. The second-order valence-electron chi connectivity index (χ2n) is 4.73. The van der Waals surface area contributed by atoms with Gasteiger partial charge in [-0.2, -0.15) is 5.10 Å². The molecule has 2 heterocycles. The number of nitrogens with zero attached hydrogens (tertiary/aromatic N) is 3. The number of para-hydroxylation sites is 1. The van der Waals surface area contributed by atoms with Crippen molar-refractivity contribution in [3.63, 3.8) is 0 Å². The van der Waals surface area contributed by atoms with Gasteiger partial charge in [-0.15, -0.1) is 0 Å². The Labute approximate surface area is 138 Å². The lowest BCUT2D eigenvalue weighted by atomic mass is 10.3. The summed E-state index contributed by atoms with van der Waals surface area (Å²) in [6, 6.07) is 15.1. The van der Waals surface area contributed by atoms with Gasteiger partial charge in [-0.25, -0.2) is 10.4 Å². The molecule has 2 aromatic heterocycles. The topological polar surface area (TPSA) is 59.3 Å². The smallest absolute Gasteiger partial charge is 0.274 e. The number of hydrogen-bond acceptors (Lipinski definition) is 3. The number of pyridine rings is 1. The molecule has 0 aliphatic rings. The van der Waals surface area contributed by atoms with Gasteiger partial charge < -0.3 is 4.57 Å². The van der Waals surface area contributed by atoms with Crippen molar-refractivity contribution in [2.24, 2.45) is 5.10 Å². The second kappa shape index (κ2) is 6.89. The van der Waals surface area contributed by atoms with Crippen LogP contribution in [0, 0.1) is 0 Å². The summed E-state index contributed by atoms with van der Waals surface area (Å²) in [4.78, 5) is 15.8. The molecule has 0 fully saturated rings. The Morgan fingerprint density at radius 1 is 1.17 bits per heavy atom.